The average Bonchev–Trinajstić information content (AvgIpc) is 2.41. The second-order valence-corrected chi connectivity index (χ2v) is 5.56. The summed E-state index contributed by atoms with van der Waals surface area (Å²) in [5.74, 6) is 0. The minimum atomic E-state index is 0.321. The van der Waals surface area contributed by atoms with E-state index in [-0.39, 0.29) is 0 Å². The molecule has 20 heavy (non-hydrogen) atoms. The molecule has 0 unspecified atom stereocenters. The second-order valence-electron chi connectivity index (χ2n) is 5.56. The van der Waals surface area contributed by atoms with Crippen LogP contribution in [0, 0.1) is 22.7 Å². The van der Waals surface area contributed by atoms with E-state index in [2.05, 4.69) is 36.6 Å². The molecule has 0 rings (SSSR count). The molecule has 0 bridgehead atoms. The van der Waals surface area contributed by atoms with E-state index in [0.29, 0.717) is 24.9 Å². The highest BCUT2D eigenvalue weighted by Gasteiger charge is 2.00. The molecule has 2 atom stereocenters. The first kappa shape index (κ1) is 18.9. The molecule has 4 heteroatoms. The highest BCUT2D eigenvalue weighted by atomic mass is 14.9. The third kappa shape index (κ3) is 13.3. The Morgan fingerprint density at radius 1 is 0.700 bits per heavy atom. The molecule has 114 valence electrons. The summed E-state index contributed by atoms with van der Waals surface area (Å²) in [6.45, 7) is 6.17. The Kier molecular flexibility index (Phi) is 13.5. The third-order valence-electron chi connectivity index (χ3n) is 3.38. The average molecular weight is 278 g/mol. The molecule has 0 aliphatic rings. The van der Waals surface area contributed by atoms with Gasteiger partial charge >= 0.3 is 0 Å². The summed E-state index contributed by atoms with van der Waals surface area (Å²) < 4.78 is 0. The molecule has 0 saturated carbocycles. The molecule has 0 spiro atoms. The molecule has 0 fully saturated rings. The van der Waals surface area contributed by atoms with E-state index < -0.39 is 0 Å². The van der Waals surface area contributed by atoms with Crippen LogP contribution in [0.5, 0.6) is 0 Å². The van der Waals surface area contributed by atoms with Crippen LogP contribution in [0.1, 0.15) is 65.2 Å². The van der Waals surface area contributed by atoms with Crippen LogP contribution in [0.2, 0.25) is 0 Å². The summed E-state index contributed by atoms with van der Waals surface area (Å²) in [7, 11) is 0. The van der Waals surface area contributed by atoms with Crippen LogP contribution < -0.4 is 10.6 Å². The number of nitrogens with one attached hydrogen (secondary N) is 2. The van der Waals surface area contributed by atoms with Crippen molar-refractivity contribution in [2.24, 2.45) is 0 Å². The van der Waals surface area contributed by atoms with Gasteiger partial charge in [-0.05, 0) is 39.8 Å². The lowest BCUT2D eigenvalue weighted by Crippen LogP contribution is -2.26. The van der Waals surface area contributed by atoms with E-state index in [1.54, 1.807) is 0 Å². The monoisotopic (exact) mass is 278 g/mol. The lowest BCUT2D eigenvalue weighted by atomic mass is 10.1. The Bertz CT molecular complexity index is 260. The van der Waals surface area contributed by atoms with E-state index in [1.165, 1.54) is 38.5 Å². The van der Waals surface area contributed by atoms with Crippen molar-refractivity contribution in [3.8, 4) is 12.1 Å². The van der Waals surface area contributed by atoms with Crippen LogP contribution in [0.3, 0.4) is 0 Å². The van der Waals surface area contributed by atoms with Gasteiger partial charge in [-0.1, -0.05) is 25.7 Å². The fourth-order valence-electron chi connectivity index (χ4n) is 2.07. The number of rotatable bonds is 13. The molecule has 0 aromatic carbocycles. The summed E-state index contributed by atoms with van der Waals surface area (Å²) in [5, 5.41) is 23.8. The zero-order chi connectivity index (χ0) is 15.1. The molecule has 0 aromatic heterocycles. The van der Waals surface area contributed by atoms with Gasteiger partial charge in [0.1, 0.15) is 0 Å². The second kappa shape index (κ2) is 14.3. The van der Waals surface area contributed by atoms with Gasteiger partial charge < -0.3 is 10.6 Å². The summed E-state index contributed by atoms with van der Waals surface area (Å²) >= 11 is 0. The van der Waals surface area contributed by atoms with Crippen LogP contribution >= 0.6 is 0 Å². The standard InChI is InChI=1S/C16H30N4/c1-15(9-11-17)19-13-7-5-3-4-6-8-14-20-16(2)10-12-18/h15-16,19-20H,3-10,13-14H2,1-2H3/t15-,16-/m0/s1. The maximum Gasteiger partial charge on any atom is 0.0638 e. The van der Waals surface area contributed by atoms with Crippen molar-refractivity contribution in [2.45, 2.75) is 77.3 Å². The predicted molar refractivity (Wildman–Crippen MR) is 83.1 cm³/mol. The molecule has 0 radical (unpaired) electrons. The van der Waals surface area contributed by atoms with Crippen molar-refractivity contribution >= 4 is 0 Å². The first-order valence-electron chi connectivity index (χ1n) is 7.91. The van der Waals surface area contributed by atoms with Crippen LogP contribution in [-0.2, 0) is 0 Å². The van der Waals surface area contributed by atoms with Crippen molar-refractivity contribution in [1.82, 2.24) is 10.6 Å². The van der Waals surface area contributed by atoms with Crippen LogP contribution in [-0.4, -0.2) is 25.2 Å². The Balaban J connectivity index is 3.14. The summed E-state index contributed by atoms with van der Waals surface area (Å²) in [6.07, 6.45) is 8.72. The maximum absolute atomic E-state index is 8.53. The molecule has 0 amide bonds. The highest BCUT2D eigenvalue weighted by molar-refractivity contribution is 4.77. The summed E-state index contributed by atoms with van der Waals surface area (Å²) in [5.41, 5.74) is 0. The Labute approximate surface area is 124 Å². The van der Waals surface area contributed by atoms with Gasteiger partial charge in [0.05, 0.1) is 25.0 Å². The van der Waals surface area contributed by atoms with E-state index in [0.717, 1.165) is 13.1 Å². The first-order valence-corrected chi connectivity index (χ1v) is 7.91. The van der Waals surface area contributed by atoms with Gasteiger partial charge in [-0.15, -0.1) is 0 Å². The zero-order valence-electron chi connectivity index (χ0n) is 13.1. The lowest BCUT2D eigenvalue weighted by molar-refractivity contribution is 0.501. The van der Waals surface area contributed by atoms with E-state index in [9.17, 15) is 0 Å². The molecular formula is C16H30N4. The smallest absolute Gasteiger partial charge is 0.0638 e. The van der Waals surface area contributed by atoms with E-state index >= 15 is 0 Å². The fourth-order valence-corrected chi connectivity index (χ4v) is 2.07. The van der Waals surface area contributed by atoms with Crippen molar-refractivity contribution < 1.29 is 0 Å². The number of nitriles is 2. The van der Waals surface area contributed by atoms with Gasteiger partial charge in [-0.2, -0.15) is 10.5 Å². The lowest BCUT2D eigenvalue weighted by Gasteiger charge is -2.10. The number of hydrogen-bond acceptors (Lipinski definition) is 4. The van der Waals surface area contributed by atoms with Gasteiger partial charge in [0.15, 0.2) is 0 Å². The Morgan fingerprint density at radius 2 is 1.05 bits per heavy atom. The van der Waals surface area contributed by atoms with Crippen molar-refractivity contribution in [2.75, 3.05) is 13.1 Å². The van der Waals surface area contributed by atoms with Crippen LogP contribution in [0.25, 0.3) is 0 Å². The topological polar surface area (TPSA) is 71.6 Å². The maximum atomic E-state index is 8.53. The minimum Gasteiger partial charge on any atom is -0.313 e. The predicted octanol–water partition coefficient (Wildman–Crippen LogP) is 3.11. The number of nitrogens with zero attached hydrogens (tertiary/aromatic N) is 2. The quantitative estimate of drug-likeness (QED) is 0.508. The van der Waals surface area contributed by atoms with Gasteiger partial charge in [0.2, 0.25) is 0 Å². The molecule has 4 nitrogen and oxygen atoms in total. The van der Waals surface area contributed by atoms with Crippen molar-refractivity contribution in [3.63, 3.8) is 0 Å². The summed E-state index contributed by atoms with van der Waals surface area (Å²) in [4.78, 5) is 0. The first-order chi connectivity index (χ1) is 9.70. The van der Waals surface area contributed by atoms with Gasteiger partial charge in [0.25, 0.3) is 0 Å². The highest BCUT2D eigenvalue weighted by Crippen LogP contribution is 2.05. The molecule has 0 heterocycles. The van der Waals surface area contributed by atoms with Gasteiger partial charge in [-0.3, -0.25) is 0 Å². The zero-order valence-corrected chi connectivity index (χ0v) is 13.1. The Morgan fingerprint density at radius 3 is 1.40 bits per heavy atom. The SMILES string of the molecule is C[C@@H](CC#N)NCCCCCCCCN[C@@H](C)CC#N. The number of unbranched alkanes of at least 4 members (excludes halogenated alkanes) is 5. The molecule has 0 aliphatic heterocycles. The molecular weight excluding hydrogens is 248 g/mol. The molecule has 0 saturated heterocycles. The van der Waals surface area contributed by atoms with Crippen molar-refractivity contribution in [1.29, 1.82) is 10.5 Å². The van der Waals surface area contributed by atoms with Crippen LogP contribution in [0.4, 0.5) is 0 Å². The fraction of sp³-hybridized carbons (Fsp3) is 0.875. The molecule has 0 aromatic rings. The third-order valence-corrected chi connectivity index (χ3v) is 3.38. The number of hydrogen-bond donors (Lipinski definition) is 2. The molecule has 2 N–H and O–H groups in total. The van der Waals surface area contributed by atoms with Gasteiger partial charge in [-0.25, -0.2) is 0 Å². The Hall–Kier alpha value is -1.10. The normalized spacial score (nSPS) is 13.4. The molecule has 0 aliphatic carbocycles. The largest absolute Gasteiger partial charge is 0.313 e. The van der Waals surface area contributed by atoms with E-state index in [1.807, 2.05) is 0 Å². The summed E-state index contributed by atoms with van der Waals surface area (Å²) in [6, 6.07) is 5.00. The van der Waals surface area contributed by atoms with E-state index in [4.69, 9.17) is 10.5 Å². The minimum absolute atomic E-state index is 0.321. The van der Waals surface area contributed by atoms with Crippen LogP contribution in [0.15, 0.2) is 0 Å². The van der Waals surface area contributed by atoms with Gasteiger partial charge in [0, 0.05) is 12.1 Å². The van der Waals surface area contributed by atoms with Crippen molar-refractivity contribution in [3.05, 3.63) is 0 Å².